The first kappa shape index (κ1) is 23.3. The molecule has 1 fully saturated rings. The molecule has 9 nitrogen and oxygen atoms in total. The topological polar surface area (TPSA) is 93.6 Å². The van der Waals surface area contributed by atoms with Crippen LogP contribution in [0, 0.1) is 0 Å². The molecule has 3 aromatic heterocycles. The highest BCUT2D eigenvalue weighted by Gasteiger charge is 2.36. The van der Waals surface area contributed by atoms with Gasteiger partial charge in [0.25, 0.3) is 5.91 Å². The Morgan fingerprint density at radius 1 is 1.20 bits per heavy atom. The predicted molar refractivity (Wildman–Crippen MR) is 120 cm³/mol. The molecule has 5 rings (SSSR count). The second kappa shape index (κ2) is 9.29. The van der Waals surface area contributed by atoms with E-state index >= 15 is 0 Å². The van der Waals surface area contributed by atoms with Gasteiger partial charge in [-0.05, 0) is 6.07 Å². The van der Waals surface area contributed by atoms with Crippen LogP contribution < -0.4 is 14.4 Å². The van der Waals surface area contributed by atoms with Crippen LogP contribution in [-0.4, -0.2) is 63.6 Å². The highest BCUT2D eigenvalue weighted by molar-refractivity contribution is 7.11. The molecule has 0 N–H and O–H groups in total. The van der Waals surface area contributed by atoms with E-state index in [0.717, 1.165) is 24.4 Å². The summed E-state index contributed by atoms with van der Waals surface area (Å²) in [5.41, 5.74) is 2.66. The zero-order chi connectivity index (χ0) is 24.6. The second-order valence-electron chi connectivity index (χ2n) is 8.19. The number of ether oxygens (including phenoxy) is 2. The van der Waals surface area contributed by atoms with Crippen LogP contribution in [0.2, 0.25) is 0 Å². The summed E-state index contributed by atoms with van der Waals surface area (Å²) in [6.07, 6.45) is 0.975. The standard InChI is InChI=1S/C22H21F3N6O3S/c1-33-19-16(22(23,24)25)6-14(8-27-19)30-5-3-17-13(10-30)7-28-21(29-17)34-15-2-4-31(11-15)20(32)18-9-26-12-35-18/h6-9,12,15H,2-5,10-11H2,1H3. The fraction of sp³-hybridized carbons (Fsp3) is 0.409. The maximum Gasteiger partial charge on any atom is 0.421 e. The lowest BCUT2D eigenvalue weighted by Gasteiger charge is -2.30. The third kappa shape index (κ3) is 4.85. The first-order valence-corrected chi connectivity index (χ1v) is 11.7. The quantitative estimate of drug-likeness (QED) is 0.521. The number of amides is 1. The lowest BCUT2D eigenvalue weighted by Crippen LogP contribution is -2.32. The minimum atomic E-state index is -4.57. The molecule has 184 valence electrons. The van der Waals surface area contributed by atoms with Crippen LogP contribution in [0.15, 0.2) is 30.2 Å². The van der Waals surface area contributed by atoms with Crippen molar-refractivity contribution in [1.29, 1.82) is 0 Å². The first-order chi connectivity index (χ1) is 16.8. The van der Waals surface area contributed by atoms with Crippen LogP contribution in [0.1, 0.15) is 32.9 Å². The van der Waals surface area contributed by atoms with Gasteiger partial charge < -0.3 is 19.3 Å². The zero-order valence-corrected chi connectivity index (χ0v) is 19.5. The maximum absolute atomic E-state index is 13.4. The van der Waals surface area contributed by atoms with E-state index in [1.807, 2.05) is 0 Å². The molecule has 0 saturated carbocycles. The van der Waals surface area contributed by atoms with Gasteiger partial charge in [-0.3, -0.25) is 9.78 Å². The molecule has 3 aromatic rings. The summed E-state index contributed by atoms with van der Waals surface area (Å²) in [6, 6.07) is 1.29. The Kier molecular flexibility index (Phi) is 6.17. The minimum Gasteiger partial charge on any atom is -0.481 e. The SMILES string of the molecule is COc1ncc(N2CCc3nc(OC4CCN(C(=O)c5cncs5)C4)ncc3C2)cc1C(F)(F)F. The smallest absolute Gasteiger partial charge is 0.421 e. The summed E-state index contributed by atoms with van der Waals surface area (Å²) in [7, 11) is 1.16. The third-order valence-electron chi connectivity index (χ3n) is 5.96. The summed E-state index contributed by atoms with van der Waals surface area (Å²) < 4.78 is 50.8. The number of rotatable bonds is 5. The Morgan fingerprint density at radius 2 is 2.06 bits per heavy atom. The van der Waals surface area contributed by atoms with E-state index in [1.54, 1.807) is 27.7 Å². The Balaban J connectivity index is 1.24. The van der Waals surface area contributed by atoms with Crippen molar-refractivity contribution >= 4 is 22.9 Å². The molecule has 0 aliphatic carbocycles. The number of anilines is 1. The van der Waals surface area contributed by atoms with Crippen LogP contribution in [0.4, 0.5) is 18.9 Å². The minimum absolute atomic E-state index is 0.0632. The van der Waals surface area contributed by atoms with E-state index < -0.39 is 17.6 Å². The molecule has 2 aliphatic heterocycles. The average Bonchev–Trinajstić information content (AvgIpc) is 3.55. The van der Waals surface area contributed by atoms with Crippen LogP contribution in [0.5, 0.6) is 11.9 Å². The van der Waals surface area contributed by atoms with Crippen LogP contribution in [0.3, 0.4) is 0 Å². The number of pyridine rings is 1. The fourth-order valence-electron chi connectivity index (χ4n) is 4.19. The molecular formula is C22H21F3N6O3S. The molecule has 2 aliphatic rings. The largest absolute Gasteiger partial charge is 0.481 e. The molecule has 1 unspecified atom stereocenters. The van der Waals surface area contributed by atoms with Crippen LogP contribution in [-0.2, 0) is 19.1 Å². The number of methoxy groups -OCH3 is 1. The molecule has 35 heavy (non-hydrogen) atoms. The van der Waals surface area contributed by atoms with Gasteiger partial charge in [0.15, 0.2) is 0 Å². The maximum atomic E-state index is 13.4. The molecule has 13 heteroatoms. The molecule has 0 spiro atoms. The molecule has 1 atom stereocenters. The number of hydrogen-bond donors (Lipinski definition) is 0. The van der Waals surface area contributed by atoms with Gasteiger partial charge in [0.2, 0.25) is 5.88 Å². The van der Waals surface area contributed by atoms with Crippen molar-refractivity contribution in [2.24, 2.45) is 0 Å². The Labute approximate surface area is 202 Å². The normalized spacial score (nSPS) is 17.9. The second-order valence-corrected chi connectivity index (χ2v) is 9.08. The number of thiazole rings is 1. The van der Waals surface area contributed by atoms with Gasteiger partial charge >= 0.3 is 12.2 Å². The molecule has 0 aromatic carbocycles. The van der Waals surface area contributed by atoms with Gasteiger partial charge in [0.05, 0.1) is 42.9 Å². The summed E-state index contributed by atoms with van der Waals surface area (Å²) in [4.78, 5) is 33.2. The van der Waals surface area contributed by atoms with Gasteiger partial charge in [-0.1, -0.05) is 0 Å². The zero-order valence-electron chi connectivity index (χ0n) is 18.7. The molecule has 0 radical (unpaired) electrons. The van der Waals surface area contributed by atoms with E-state index in [9.17, 15) is 18.0 Å². The van der Waals surface area contributed by atoms with E-state index in [4.69, 9.17) is 9.47 Å². The predicted octanol–water partition coefficient (Wildman–Crippen LogP) is 3.21. The van der Waals surface area contributed by atoms with Crippen molar-refractivity contribution in [3.63, 3.8) is 0 Å². The molecular weight excluding hydrogens is 485 g/mol. The number of likely N-dealkylation sites (tertiary alicyclic amines) is 1. The number of alkyl halides is 3. The summed E-state index contributed by atoms with van der Waals surface area (Å²) >= 11 is 1.30. The van der Waals surface area contributed by atoms with Crippen LogP contribution in [0.25, 0.3) is 0 Å². The molecule has 0 bridgehead atoms. The first-order valence-electron chi connectivity index (χ1n) is 10.9. The number of fused-ring (bicyclic) bond motifs is 1. The molecule has 1 saturated heterocycles. The van der Waals surface area contributed by atoms with Gasteiger partial charge in [-0.25, -0.2) is 9.97 Å². The van der Waals surface area contributed by atoms with Crippen molar-refractivity contribution in [1.82, 2.24) is 24.8 Å². The van der Waals surface area contributed by atoms with Crippen molar-refractivity contribution in [2.75, 3.05) is 31.6 Å². The van der Waals surface area contributed by atoms with Crippen molar-refractivity contribution in [3.05, 3.63) is 51.9 Å². The number of carbonyl (C=O) groups is 1. The lowest BCUT2D eigenvalue weighted by atomic mass is 10.1. The summed E-state index contributed by atoms with van der Waals surface area (Å²) in [6.45, 7) is 1.84. The number of hydrogen-bond acceptors (Lipinski definition) is 9. The van der Waals surface area contributed by atoms with E-state index in [1.165, 1.54) is 17.5 Å². The van der Waals surface area contributed by atoms with Crippen molar-refractivity contribution < 1.29 is 27.4 Å². The Morgan fingerprint density at radius 3 is 2.80 bits per heavy atom. The van der Waals surface area contributed by atoms with Crippen molar-refractivity contribution in [3.8, 4) is 11.9 Å². The number of aromatic nitrogens is 4. The van der Waals surface area contributed by atoms with Gasteiger partial charge in [0, 0.05) is 44.2 Å². The van der Waals surface area contributed by atoms with Gasteiger partial charge in [-0.2, -0.15) is 18.2 Å². The van der Waals surface area contributed by atoms with E-state index in [2.05, 4.69) is 19.9 Å². The van der Waals surface area contributed by atoms with E-state index in [0.29, 0.717) is 49.6 Å². The monoisotopic (exact) mass is 506 g/mol. The molecule has 1 amide bonds. The fourth-order valence-corrected chi connectivity index (χ4v) is 4.78. The Bertz CT molecular complexity index is 1220. The summed E-state index contributed by atoms with van der Waals surface area (Å²) in [5, 5.41) is 0. The van der Waals surface area contributed by atoms with Crippen molar-refractivity contribution in [2.45, 2.75) is 31.7 Å². The lowest BCUT2D eigenvalue weighted by molar-refractivity contribution is -0.139. The number of halogens is 3. The Hall–Kier alpha value is -3.48. The van der Waals surface area contributed by atoms with Gasteiger partial charge in [0.1, 0.15) is 16.5 Å². The third-order valence-corrected chi connectivity index (χ3v) is 6.72. The van der Waals surface area contributed by atoms with Crippen LogP contribution >= 0.6 is 11.3 Å². The van der Waals surface area contributed by atoms with E-state index in [-0.39, 0.29) is 18.0 Å². The number of nitrogens with zero attached hydrogens (tertiary/aromatic N) is 6. The highest BCUT2D eigenvalue weighted by atomic mass is 32.1. The van der Waals surface area contributed by atoms with Gasteiger partial charge in [-0.15, -0.1) is 11.3 Å². The number of carbonyl (C=O) groups excluding carboxylic acids is 1. The highest BCUT2D eigenvalue weighted by Crippen LogP contribution is 2.37. The summed E-state index contributed by atoms with van der Waals surface area (Å²) in [5.74, 6) is -0.519. The average molecular weight is 507 g/mol. The molecule has 5 heterocycles.